The van der Waals surface area contributed by atoms with Gasteiger partial charge in [-0.25, -0.2) is 0 Å². The van der Waals surface area contributed by atoms with Gasteiger partial charge in [0.05, 0.1) is 0 Å². The fraction of sp³-hybridized carbons (Fsp3) is 0.917. The highest BCUT2D eigenvalue weighted by molar-refractivity contribution is 5.76. The van der Waals surface area contributed by atoms with Crippen LogP contribution in [-0.4, -0.2) is 47.3 Å². The third-order valence-electron chi connectivity index (χ3n) is 4.35. The summed E-state index contributed by atoms with van der Waals surface area (Å²) in [5, 5.41) is 18.6. The fourth-order valence-corrected chi connectivity index (χ4v) is 3.44. The molecule has 1 heterocycles. The molecule has 0 spiro atoms. The van der Waals surface area contributed by atoms with Gasteiger partial charge >= 0.3 is 0 Å². The fourth-order valence-electron chi connectivity index (χ4n) is 3.44. The standard InChI is InChI=1S/C12H21NO3/c1-2-12(16)13-4-10-8(6-14)3-9(7-15)11(10)5-13/h8-11,14-15H,2-7H2,1H3/t8-,9+,10+,11-. The predicted molar refractivity (Wildman–Crippen MR) is 59.6 cm³/mol. The number of carbonyl (C=O) groups is 1. The molecule has 2 aliphatic rings. The molecular formula is C12H21NO3. The number of hydrogen-bond acceptors (Lipinski definition) is 3. The van der Waals surface area contributed by atoms with Crippen molar-refractivity contribution >= 4 is 5.91 Å². The number of amides is 1. The summed E-state index contributed by atoms with van der Waals surface area (Å²) in [6, 6.07) is 0. The minimum absolute atomic E-state index is 0.186. The van der Waals surface area contributed by atoms with E-state index in [4.69, 9.17) is 0 Å². The highest BCUT2D eigenvalue weighted by Gasteiger charge is 2.48. The zero-order valence-electron chi connectivity index (χ0n) is 9.80. The second kappa shape index (κ2) is 4.72. The molecule has 0 radical (unpaired) electrons. The Labute approximate surface area is 96.3 Å². The topological polar surface area (TPSA) is 60.8 Å². The molecule has 1 saturated carbocycles. The molecule has 2 fully saturated rings. The van der Waals surface area contributed by atoms with Crippen LogP contribution in [0.3, 0.4) is 0 Å². The molecule has 0 aromatic rings. The van der Waals surface area contributed by atoms with E-state index in [0.29, 0.717) is 18.3 Å². The molecule has 4 nitrogen and oxygen atoms in total. The highest BCUT2D eigenvalue weighted by atomic mass is 16.3. The first-order valence-electron chi connectivity index (χ1n) is 6.20. The van der Waals surface area contributed by atoms with Crippen LogP contribution < -0.4 is 0 Å². The summed E-state index contributed by atoms with van der Waals surface area (Å²) in [7, 11) is 0. The third-order valence-corrected chi connectivity index (χ3v) is 4.35. The van der Waals surface area contributed by atoms with Crippen LogP contribution in [0.4, 0.5) is 0 Å². The first kappa shape index (κ1) is 11.9. The smallest absolute Gasteiger partial charge is 0.222 e. The average molecular weight is 227 g/mol. The number of nitrogens with zero attached hydrogens (tertiary/aromatic N) is 1. The Hall–Kier alpha value is -0.610. The van der Waals surface area contributed by atoms with E-state index in [0.717, 1.165) is 19.5 Å². The molecule has 92 valence electrons. The Morgan fingerprint density at radius 2 is 1.69 bits per heavy atom. The lowest BCUT2D eigenvalue weighted by atomic mass is 9.91. The third kappa shape index (κ3) is 1.84. The second-order valence-corrected chi connectivity index (χ2v) is 5.10. The van der Waals surface area contributed by atoms with Gasteiger partial charge in [-0.2, -0.15) is 0 Å². The van der Waals surface area contributed by atoms with Crippen LogP contribution in [-0.2, 0) is 4.79 Å². The molecule has 0 unspecified atom stereocenters. The molecule has 0 bridgehead atoms. The molecule has 16 heavy (non-hydrogen) atoms. The summed E-state index contributed by atoms with van der Waals surface area (Å²) < 4.78 is 0. The van der Waals surface area contributed by atoms with E-state index in [1.54, 1.807) is 0 Å². The number of hydrogen-bond donors (Lipinski definition) is 2. The molecule has 0 aromatic heterocycles. The van der Waals surface area contributed by atoms with E-state index in [1.165, 1.54) is 0 Å². The van der Waals surface area contributed by atoms with Crippen molar-refractivity contribution < 1.29 is 15.0 Å². The van der Waals surface area contributed by atoms with E-state index in [2.05, 4.69) is 0 Å². The van der Waals surface area contributed by atoms with Gasteiger partial charge < -0.3 is 15.1 Å². The number of aliphatic hydroxyl groups excluding tert-OH is 2. The van der Waals surface area contributed by atoms with E-state index >= 15 is 0 Å². The summed E-state index contributed by atoms with van der Waals surface area (Å²) in [5.74, 6) is 1.55. The molecule has 0 aromatic carbocycles. The van der Waals surface area contributed by atoms with Gasteiger partial charge in [0.1, 0.15) is 0 Å². The molecule has 4 atom stereocenters. The zero-order chi connectivity index (χ0) is 11.7. The molecule has 1 aliphatic heterocycles. The zero-order valence-corrected chi connectivity index (χ0v) is 9.80. The van der Waals surface area contributed by atoms with Crippen molar-refractivity contribution in [3.05, 3.63) is 0 Å². The summed E-state index contributed by atoms with van der Waals surface area (Å²) in [6.07, 6.45) is 1.46. The average Bonchev–Trinajstić information content (AvgIpc) is 2.85. The number of aliphatic hydroxyl groups is 2. The van der Waals surface area contributed by atoms with Crippen LogP contribution in [0, 0.1) is 23.7 Å². The monoisotopic (exact) mass is 227 g/mol. The minimum atomic E-state index is 0.186. The number of carbonyl (C=O) groups excluding carboxylic acids is 1. The first-order valence-corrected chi connectivity index (χ1v) is 6.20. The summed E-state index contributed by atoms with van der Waals surface area (Å²) >= 11 is 0. The first-order chi connectivity index (χ1) is 7.71. The van der Waals surface area contributed by atoms with Crippen LogP contribution in [0.1, 0.15) is 19.8 Å². The van der Waals surface area contributed by atoms with Gasteiger partial charge in [-0.05, 0) is 30.1 Å². The maximum atomic E-state index is 11.6. The van der Waals surface area contributed by atoms with Crippen molar-refractivity contribution in [2.45, 2.75) is 19.8 Å². The van der Waals surface area contributed by atoms with Crippen molar-refractivity contribution in [3.8, 4) is 0 Å². The quantitative estimate of drug-likeness (QED) is 0.718. The van der Waals surface area contributed by atoms with Crippen LogP contribution in [0.5, 0.6) is 0 Å². The number of fused-ring (bicyclic) bond motifs is 1. The maximum Gasteiger partial charge on any atom is 0.222 e. The Morgan fingerprint density at radius 3 is 2.06 bits per heavy atom. The van der Waals surface area contributed by atoms with Crippen LogP contribution in [0.25, 0.3) is 0 Å². The second-order valence-electron chi connectivity index (χ2n) is 5.10. The lowest BCUT2D eigenvalue weighted by Gasteiger charge is -2.20. The molecule has 4 heteroatoms. The largest absolute Gasteiger partial charge is 0.396 e. The van der Waals surface area contributed by atoms with Gasteiger partial charge in [-0.3, -0.25) is 4.79 Å². The molecular weight excluding hydrogens is 206 g/mol. The Morgan fingerprint density at radius 1 is 1.19 bits per heavy atom. The number of rotatable bonds is 3. The summed E-state index contributed by atoms with van der Waals surface area (Å²) in [6.45, 7) is 3.80. The molecule has 2 rings (SSSR count). The number of likely N-dealkylation sites (tertiary alicyclic amines) is 1. The van der Waals surface area contributed by atoms with E-state index in [1.807, 2.05) is 11.8 Å². The lowest BCUT2D eigenvalue weighted by molar-refractivity contribution is -0.130. The maximum absolute atomic E-state index is 11.6. The Bertz CT molecular complexity index is 251. The molecule has 2 N–H and O–H groups in total. The van der Waals surface area contributed by atoms with Gasteiger partial charge in [0, 0.05) is 32.7 Å². The predicted octanol–water partition coefficient (Wildman–Crippen LogP) is 0.0917. The van der Waals surface area contributed by atoms with Crippen molar-refractivity contribution in [2.24, 2.45) is 23.7 Å². The van der Waals surface area contributed by atoms with Crippen molar-refractivity contribution in [2.75, 3.05) is 26.3 Å². The van der Waals surface area contributed by atoms with Gasteiger partial charge in [-0.1, -0.05) is 6.92 Å². The van der Waals surface area contributed by atoms with Gasteiger partial charge in [0.25, 0.3) is 0 Å². The normalized spacial score (nSPS) is 37.8. The molecule has 1 amide bonds. The van der Waals surface area contributed by atoms with Crippen LogP contribution in [0.2, 0.25) is 0 Å². The SMILES string of the molecule is CCC(=O)N1C[C@@H]2[C@H](CO)C[C@H](CO)[C@@H]2C1. The van der Waals surface area contributed by atoms with E-state index < -0.39 is 0 Å². The van der Waals surface area contributed by atoms with Crippen LogP contribution in [0.15, 0.2) is 0 Å². The van der Waals surface area contributed by atoms with Crippen LogP contribution >= 0.6 is 0 Å². The Kier molecular flexibility index (Phi) is 3.50. The molecule has 1 saturated heterocycles. The van der Waals surface area contributed by atoms with Gasteiger partial charge in [0.15, 0.2) is 0 Å². The summed E-state index contributed by atoms with van der Waals surface area (Å²) in [4.78, 5) is 13.5. The van der Waals surface area contributed by atoms with Gasteiger partial charge in [0.2, 0.25) is 5.91 Å². The molecule has 1 aliphatic carbocycles. The van der Waals surface area contributed by atoms with E-state index in [-0.39, 0.29) is 31.0 Å². The summed E-state index contributed by atoms with van der Waals surface area (Å²) in [5.41, 5.74) is 0. The Balaban J connectivity index is 2.06. The van der Waals surface area contributed by atoms with Crippen molar-refractivity contribution in [3.63, 3.8) is 0 Å². The van der Waals surface area contributed by atoms with Crippen molar-refractivity contribution in [1.82, 2.24) is 4.90 Å². The lowest BCUT2D eigenvalue weighted by Crippen LogP contribution is -2.30. The van der Waals surface area contributed by atoms with Gasteiger partial charge in [-0.15, -0.1) is 0 Å². The van der Waals surface area contributed by atoms with Crippen molar-refractivity contribution in [1.29, 1.82) is 0 Å². The van der Waals surface area contributed by atoms with E-state index in [9.17, 15) is 15.0 Å². The minimum Gasteiger partial charge on any atom is -0.396 e. The highest BCUT2D eigenvalue weighted by Crippen LogP contribution is 2.45.